The van der Waals surface area contributed by atoms with Gasteiger partial charge in [-0.15, -0.1) is 11.3 Å². The monoisotopic (exact) mass is 473 g/mol. The first kappa shape index (κ1) is 22.0. The fourth-order valence-corrected chi connectivity index (χ4v) is 5.36. The van der Waals surface area contributed by atoms with Crippen LogP contribution in [0.25, 0.3) is 0 Å². The van der Waals surface area contributed by atoms with Crippen LogP contribution in [0.5, 0.6) is 5.75 Å². The zero-order valence-electron chi connectivity index (χ0n) is 17.3. The summed E-state index contributed by atoms with van der Waals surface area (Å²) < 4.78 is 6.21. The van der Waals surface area contributed by atoms with Crippen LogP contribution >= 0.6 is 34.7 Å². The number of amides is 1. The molecule has 0 aliphatic carbocycles. The molecule has 1 saturated heterocycles. The molecule has 2 aromatic carbocycles. The molecule has 4 rings (SSSR count). The number of ether oxygens (including phenoxy) is 1. The number of rotatable bonds is 7. The Hall–Kier alpha value is -2.22. The van der Waals surface area contributed by atoms with E-state index in [2.05, 4.69) is 22.0 Å². The first-order valence-corrected chi connectivity index (χ1v) is 12.3. The van der Waals surface area contributed by atoms with Crippen LogP contribution in [0.1, 0.15) is 11.3 Å². The molecule has 0 saturated carbocycles. The van der Waals surface area contributed by atoms with Crippen molar-refractivity contribution in [2.24, 2.45) is 0 Å². The summed E-state index contributed by atoms with van der Waals surface area (Å²) in [6.45, 7) is 3.12. The fourth-order valence-electron chi connectivity index (χ4n) is 3.44. The standard InChI is InChI=1S/C23H24ClN3O2S2/c1-29-21-8-6-20(7-9-21)26-10-12-27(13-11-26)22(28)14-19-16-31-23(25-19)30-15-17-2-4-18(24)5-3-17/h2-9,16H,10-15H2,1H3. The summed E-state index contributed by atoms with van der Waals surface area (Å²) in [4.78, 5) is 21.6. The minimum absolute atomic E-state index is 0.147. The second-order valence-corrected chi connectivity index (χ2v) is 9.78. The van der Waals surface area contributed by atoms with Crippen molar-refractivity contribution in [3.8, 4) is 5.75 Å². The first-order chi connectivity index (χ1) is 15.1. The highest BCUT2D eigenvalue weighted by Gasteiger charge is 2.22. The minimum atomic E-state index is 0.147. The van der Waals surface area contributed by atoms with E-state index in [1.54, 1.807) is 30.2 Å². The van der Waals surface area contributed by atoms with Crippen LogP contribution in [0, 0.1) is 0 Å². The summed E-state index contributed by atoms with van der Waals surface area (Å²) in [7, 11) is 1.67. The molecule has 31 heavy (non-hydrogen) atoms. The lowest BCUT2D eigenvalue weighted by Gasteiger charge is -2.36. The number of aromatic nitrogens is 1. The normalized spacial score (nSPS) is 14.0. The molecule has 8 heteroatoms. The van der Waals surface area contributed by atoms with Crippen LogP contribution in [0.2, 0.25) is 5.02 Å². The maximum absolute atomic E-state index is 12.8. The van der Waals surface area contributed by atoms with Crippen molar-refractivity contribution in [1.29, 1.82) is 0 Å². The molecule has 0 bridgehead atoms. The number of hydrogen-bond acceptors (Lipinski definition) is 6. The molecule has 1 amide bonds. The highest BCUT2D eigenvalue weighted by molar-refractivity contribution is 8.00. The summed E-state index contributed by atoms with van der Waals surface area (Å²) in [6, 6.07) is 15.9. The number of carbonyl (C=O) groups is 1. The van der Waals surface area contributed by atoms with Gasteiger partial charge in [0.25, 0.3) is 0 Å². The fraction of sp³-hybridized carbons (Fsp3) is 0.304. The molecule has 162 valence electrons. The van der Waals surface area contributed by atoms with Crippen LogP contribution < -0.4 is 9.64 Å². The van der Waals surface area contributed by atoms with E-state index in [9.17, 15) is 4.79 Å². The van der Waals surface area contributed by atoms with Crippen molar-refractivity contribution in [2.75, 3.05) is 38.2 Å². The third-order valence-corrected chi connectivity index (χ3v) is 7.60. The van der Waals surface area contributed by atoms with Crippen LogP contribution in [0.3, 0.4) is 0 Å². The molecule has 1 aliphatic heterocycles. The molecular weight excluding hydrogens is 450 g/mol. The van der Waals surface area contributed by atoms with Gasteiger partial charge in [0, 0.05) is 48.0 Å². The third kappa shape index (κ3) is 5.93. The maximum Gasteiger partial charge on any atom is 0.228 e. The highest BCUT2D eigenvalue weighted by Crippen LogP contribution is 2.27. The number of anilines is 1. The van der Waals surface area contributed by atoms with E-state index < -0.39 is 0 Å². The van der Waals surface area contributed by atoms with E-state index in [1.165, 1.54) is 5.56 Å². The average Bonchev–Trinajstić information content (AvgIpc) is 3.26. The summed E-state index contributed by atoms with van der Waals surface area (Å²) in [5, 5.41) is 2.74. The van der Waals surface area contributed by atoms with Crippen LogP contribution in [-0.4, -0.2) is 49.1 Å². The lowest BCUT2D eigenvalue weighted by molar-refractivity contribution is -0.130. The summed E-state index contributed by atoms with van der Waals surface area (Å²) >= 11 is 9.22. The second-order valence-electron chi connectivity index (χ2n) is 7.26. The van der Waals surface area contributed by atoms with Crippen LogP contribution in [0.4, 0.5) is 5.69 Å². The van der Waals surface area contributed by atoms with Crippen molar-refractivity contribution >= 4 is 46.3 Å². The molecule has 0 unspecified atom stereocenters. The van der Waals surface area contributed by atoms with Crippen molar-refractivity contribution in [3.63, 3.8) is 0 Å². The number of nitrogens with zero attached hydrogens (tertiary/aromatic N) is 3. The Labute approximate surface area is 196 Å². The number of hydrogen-bond donors (Lipinski definition) is 0. The Morgan fingerprint density at radius 1 is 1.10 bits per heavy atom. The van der Waals surface area contributed by atoms with Gasteiger partial charge >= 0.3 is 0 Å². The largest absolute Gasteiger partial charge is 0.497 e. The molecule has 1 fully saturated rings. The summed E-state index contributed by atoms with van der Waals surface area (Å²) in [5.41, 5.74) is 3.22. The topological polar surface area (TPSA) is 45.7 Å². The van der Waals surface area contributed by atoms with Crippen molar-refractivity contribution in [2.45, 2.75) is 16.5 Å². The Bertz CT molecular complexity index is 1000. The van der Waals surface area contributed by atoms with E-state index in [1.807, 2.05) is 46.7 Å². The average molecular weight is 474 g/mol. The van der Waals surface area contributed by atoms with Gasteiger partial charge in [0.15, 0.2) is 0 Å². The van der Waals surface area contributed by atoms with Gasteiger partial charge in [0.2, 0.25) is 5.91 Å². The van der Waals surface area contributed by atoms with Gasteiger partial charge in [-0.2, -0.15) is 0 Å². The van der Waals surface area contributed by atoms with Gasteiger partial charge in [-0.05, 0) is 42.0 Å². The lowest BCUT2D eigenvalue weighted by Crippen LogP contribution is -2.49. The van der Waals surface area contributed by atoms with Gasteiger partial charge in [-0.1, -0.05) is 35.5 Å². The van der Waals surface area contributed by atoms with Gasteiger partial charge in [-0.3, -0.25) is 4.79 Å². The Morgan fingerprint density at radius 3 is 2.48 bits per heavy atom. The van der Waals surface area contributed by atoms with Crippen molar-refractivity contribution in [1.82, 2.24) is 9.88 Å². The highest BCUT2D eigenvalue weighted by atomic mass is 35.5. The summed E-state index contributed by atoms with van der Waals surface area (Å²) in [5.74, 6) is 1.84. The van der Waals surface area contributed by atoms with Crippen LogP contribution in [0.15, 0.2) is 58.3 Å². The summed E-state index contributed by atoms with van der Waals surface area (Å²) in [6.07, 6.45) is 0.362. The minimum Gasteiger partial charge on any atom is -0.497 e. The number of piperazine rings is 1. The zero-order chi connectivity index (χ0) is 21.6. The number of methoxy groups -OCH3 is 1. The molecule has 0 N–H and O–H groups in total. The Balaban J connectivity index is 1.25. The maximum atomic E-state index is 12.8. The van der Waals surface area contributed by atoms with E-state index in [-0.39, 0.29) is 5.91 Å². The third-order valence-electron chi connectivity index (χ3n) is 5.21. The van der Waals surface area contributed by atoms with E-state index in [0.29, 0.717) is 6.42 Å². The van der Waals surface area contributed by atoms with Gasteiger partial charge in [-0.25, -0.2) is 4.98 Å². The molecule has 0 atom stereocenters. The number of thiazole rings is 1. The predicted molar refractivity (Wildman–Crippen MR) is 129 cm³/mol. The van der Waals surface area contributed by atoms with E-state index in [0.717, 1.165) is 58.4 Å². The first-order valence-electron chi connectivity index (χ1n) is 10.1. The molecule has 0 spiro atoms. The molecule has 3 aromatic rings. The molecule has 5 nitrogen and oxygen atoms in total. The lowest BCUT2D eigenvalue weighted by atomic mass is 10.2. The number of halogens is 1. The molecule has 2 heterocycles. The molecule has 1 aromatic heterocycles. The van der Waals surface area contributed by atoms with Crippen molar-refractivity contribution in [3.05, 3.63) is 70.2 Å². The van der Waals surface area contributed by atoms with E-state index in [4.69, 9.17) is 16.3 Å². The van der Waals surface area contributed by atoms with Gasteiger partial charge in [0.1, 0.15) is 10.1 Å². The van der Waals surface area contributed by atoms with Gasteiger partial charge < -0.3 is 14.5 Å². The SMILES string of the molecule is COc1ccc(N2CCN(C(=O)Cc3csc(SCc4ccc(Cl)cc4)n3)CC2)cc1. The number of thioether (sulfide) groups is 1. The molecule has 0 radical (unpaired) electrons. The Morgan fingerprint density at radius 2 is 1.81 bits per heavy atom. The quantitative estimate of drug-likeness (QED) is 0.452. The van der Waals surface area contributed by atoms with E-state index >= 15 is 0 Å². The Kier molecular flexibility index (Phi) is 7.37. The smallest absolute Gasteiger partial charge is 0.228 e. The number of benzene rings is 2. The predicted octanol–water partition coefficient (Wildman–Crippen LogP) is 4.99. The van der Waals surface area contributed by atoms with Crippen LogP contribution in [-0.2, 0) is 17.0 Å². The van der Waals surface area contributed by atoms with Crippen molar-refractivity contribution < 1.29 is 9.53 Å². The molecular formula is C23H24ClN3O2S2. The zero-order valence-corrected chi connectivity index (χ0v) is 19.7. The molecule has 1 aliphatic rings. The second kappa shape index (κ2) is 10.4. The number of carbonyl (C=O) groups excluding carboxylic acids is 1. The van der Waals surface area contributed by atoms with Gasteiger partial charge in [0.05, 0.1) is 19.2 Å².